The van der Waals surface area contributed by atoms with Gasteiger partial charge in [0.15, 0.2) is 0 Å². The summed E-state index contributed by atoms with van der Waals surface area (Å²) in [7, 11) is 0. The minimum absolute atomic E-state index is 0.0304. The summed E-state index contributed by atoms with van der Waals surface area (Å²) in [6.45, 7) is 0.371. The second kappa shape index (κ2) is 9.02. The lowest BCUT2D eigenvalue weighted by Gasteiger charge is -2.11. The van der Waals surface area contributed by atoms with Gasteiger partial charge in [-0.15, -0.1) is 0 Å². The molecule has 0 saturated carbocycles. The van der Waals surface area contributed by atoms with Crippen LogP contribution in [-0.2, 0) is 22.4 Å². The Morgan fingerprint density at radius 2 is 2.12 bits per heavy atom. The van der Waals surface area contributed by atoms with Gasteiger partial charge in [-0.3, -0.25) is 4.79 Å². The SMILES string of the molecule is O=C(O)CCCCO/N=C(/Cn1ccnc1)c1cccc(C(F)(F)F)c1. The van der Waals surface area contributed by atoms with Gasteiger partial charge in [-0.1, -0.05) is 17.3 Å². The lowest BCUT2D eigenvalue weighted by Crippen LogP contribution is -2.13. The number of aromatic nitrogens is 2. The molecule has 0 amide bonds. The molecule has 1 N–H and O–H groups in total. The number of aliphatic carboxylic acids is 1. The average Bonchev–Trinajstić information content (AvgIpc) is 3.09. The molecule has 9 heteroatoms. The molecule has 0 aliphatic heterocycles. The van der Waals surface area contributed by atoms with Crippen molar-refractivity contribution >= 4 is 11.7 Å². The Hall–Kier alpha value is -2.84. The maximum Gasteiger partial charge on any atom is 0.416 e. The first kappa shape index (κ1) is 19.5. The molecule has 0 aliphatic carbocycles. The number of nitrogens with zero attached hydrogens (tertiary/aromatic N) is 3. The number of benzene rings is 1. The van der Waals surface area contributed by atoms with Crippen LogP contribution >= 0.6 is 0 Å². The molecule has 0 unspecified atom stereocenters. The number of hydrogen-bond acceptors (Lipinski definition) is 4. The van der Waals surface area contributed by atoms with E-state index in [-0.39, 0.29) is 19.6 Å². The van der Waals surface area contributed by atoms with Gasteiger partial charge in [0.05, 0.1) is 18.4 Å². The van der Waals surface area contributed by atoms with Crippen LogP contribution in [0.15, 0.2) is 48.1 Å². The summed E-state index contributed by atoms with van der Waals surface area (Å²) in [4.78, 5) is 19.5. The molecule has 0 radical (unpaired) electrons. The standard InChI is InChI=1S/C17H18F3N3O3/c18-17(19,20)14-5-3-4-13(10-14)15(11-23-8-7-21-12-23)22-26-9-2-1-6-16(24)25/h3-5,7-8,10,12H,1-2,6,9,11H2,(H,24,25)/b22-15-. The number of carbonyl (C=O) groups is 1. The maximum absolute atomic E-state index is 12.9. The van der Waals surface area contributed by atoms with E-state index in [0.717, 1.165) is 12.1 Å². The van der Waals surface area contributed by atoms with Gasteiger partial charge in [0.1, 0.15) is 12.3 Å². The summed E-state index contributed by atoms with van der Waals surface area (Å²) < 4.78 is 40.5. The molecule has 0 aliphatic rings. The van der Waals surface area contributed by atoms with Crippen molar-refractivity contribution in [2.24, 2.45) is 5.16 Å². The van der Waals surface area contributed by atoms with Crippen LogP contribution in [0.5, 0.6) is 0 Å². The number of imidazole rings is 1. The predicted octanol–water partition coefficient (Wildman–Crippen LogP) is 3.58. The smallest absolute Gasteiger partial charge is 0.416 e. The fourth-order valence-electron chi connectivity index (χ4n) is 2.17. The van der Waals surface area contributed by atoms with Crippen molar-refractivity contribution < 1.29 is 27.9 Å². The van der Waals surface area contributed by atoms with Gasteiger partial charge < -0.3 is 14.5 Å². The first-order chi connectivity index (χ1) is 12.4. The normalized spacial score (nSPS) is 12.2. The monoisotopic (exact) mass is 369 g/mol. The van der Waals surface area contributed by atoms with Crippen molar-refractivity contribution in [3.05, 3.63) is 54.1 Å². The van der Waals surface area contributed by atoms with Crippen LogP contribution in [0.4, 0.5) is 13.2 Å². The Kier molecular flexibility index (Phi) is 6.76. The van der Waals surface area contributed by atoms with Gasteiger partial charge in [-0.2, -0.15) is 13.2 Å². The predicted molar refractivity (Wildman–Crippen MR) is 87.6 cm³/mol. The van der Waals surface area contributed by atoms with Crippen LogP contribution < -0.4 is 0 Å². The van der Waals surface area contributed by atoms with Gasteiger partial charge in [0.2, 0.25) is 0 Å². The van der Waals surface area contributed by atoms with E-state index in [2.05, 4.69) is 10.1 Å². The molecule has 0 fully saturated rings. The first-order valence-electron chi connectivity index (χ1n) is 7.90. The first-order valence-corrected chi connectivity index (χ1v) is 7.90. The van der Waals surface area contributed by atoms with Crippen molar-refractivity contribution in [1.82, 2.24) is 9.55 Å². The highest BCUT2D eigenvalue weighted by atomic mass is 19.4. The van der Waals surface area contributed by atoms with Crippen molar-refractivity contribution in [2.45, 2.75) is 32.0 Å². The van der Waals surface area contributed by atoms with Gasteiger partial charge >= 0.3 is 12.1 Å². The average molecular weight is 369 g/mol. The zero-order valence-electron chi connectivity index (χ0n) is 13.8. The number of halogens is 3. The second-order valence-corrected chi connectivity index (χ2v) is 5.54. The van der Waals surface area contributed by atoms with Crippen molar-refractivity contribution in [1.29, 1.82) is 0 Å². The molecule has 1 aromatic heterocycles. The second-order valence-electron chi connectivity index (χ2n) is 5.54. The molecule has 26 heavy (non-hydrogen) atoms. The van der Waals surface area contributed by atoms with E-state index in [1.165, 1.54) is 18.5 Å². The molecule has 2 rings (SSSR count). The number of alkyl halides is 3. The number of hydrogen-bond donors (Lipinski definition) is 1. The highest BCUT2D eigenvalue weighted by molar-refractivity contribution is 6.00. The maximum atomic E-state index is 12.9. The Morgan fingerprint density at radius 1 is 1.31 bits per heavy atom. The fraction of sp³-hybridized carbons (Fsp3) is 0.353. The van der Waals surface area contributed by atoms with E-state index in [4.69, 9.17) is 9.94 Å². The Bertz CT molecular complexity index is 743. The molecular formula is C17H18F3N3O3. The Morgan fingerprint density at radius 3 is 2.77 bits per heavy atom. The Labute approximate surface area is 147 Å². The summed E-state index contributed by atoms with van der Waals surface area (Å²) in [5.74, 6) is -0.890. The third kappa shape index (κ3) is 6.23. The van der Waals surface area contributed by atoms with E-state index in [1.807, 2.05) is 0 Å². The fourth-order valence-corrected chi connectivity index (χ4v) is 2.17. The van der Waals surface area contributed by atoms with E-state index >= 15 is 0 Å². The van der Waals surface area contributed by atoms with Gasteiger partial charge in [0, 0.05) is 24.4 Å². The van der Waals surface area contributed by atoms with Crippen LogP contribution in [0.1, 0.15) is 30.4 Å². The van der Waals surface area contributed by atoms with Crippen LogP contribution in [0.2, 0.25) is 0 Å². The third-order valence-corrected chi connectivity index (χ3v) is 3.47. The van der Waals surface area contributed by atoms with Crippen molar-refractivity contribution in [3.63, 3.8) is 0 Å². The molecular weight excluding hydrogens is 351 g/mol. The molecule has 1 aromatic carbocycles. The number of carboxylic acids is 1. The highest BCUT2D eigenvalue weighted by Crippen LogP contribution is 2.29. The topological polar surface area (TPSA) is 76.7 Å². The third-order valence-electron chi connectivity index (χ3n) is 3.47. The van der Waals surface area contributed by atoms with Crippen molar-refractivity contribution in [3.8, 4) is 0 Å². The largest absolute Gasteiger partial charge is 0.481 e. The summed E-state index contributed by atoms with van der Waals surface area (Å²) in [6.07, 6.45) is 1.24. The summed E-state index contributed by atoms with van der Waals surface area (Å²) in [6, 6.07) is 4.85. The van der Waals surface area contributed by atoms with E-state index in [0.29, 0.717) is 24.1 Å². The molecule has 1 heterocycles. The Balaban J connectivity index is 2.11. The molecule has 0 spiro atoms. The molecule has 140 valence electrons. The zero-order chi connectivity index (χ0) is 19.0. The molecule has 0 atom stereocenters. The lowest BCUT2D eigenvalue weighted by atomic mass is 10.1. The van der Waals surface area contributed by atoms with Gasteiger partial charge in [-0.05, 0) is 25.0 Å². The number of rotatable bonds is 9. The van der Waals surface area contributed by atoms with Crippen LogP contribution in [0.3, 0.4) is 0 Å². The minimum Gasteiger partial charge on any atom is -0.481 e. The molecule has 0 saturated heterocycles. The van der Waals surface area contributed by atoms with E-state index < -0.39 is 17.7 Å². The lowest BCUT2D eigenvalue weighted by molar-refractivity contribution is -0.138. The summed E-state index contributed by atoms with van der Waals surface area (Å²) in [5.41, 5.74) is -0.166. The number of oxime groups is 1. The quantitative estimate of drug-likeness (QED) is 0.416. The van der Waals surface area contributed by atoms with Gasteiger partial charge in [-0.25, -0.2) is 4.98 Å². The van der Waals surface area contributed by atoms with Crippen LogP contribution in [-0.4, -0.2) is 32.9 Å². The van der Waals surface area contributed by atoms with Crippen LogP contribution in [0.25, 0.3) is 0 Å². The summed E-state index contributed by atoms with van der Waals surface area (Å²) in [5, 5.41) is 12.5. The van der Waals surface area contributed by atoms with Crippen molar-refractivity contribution in [2.75, 3.05) is 6.61 Å². The number of unbranched alkanes of at least 4 members (excludes halogenated alkanes) is 1. The van der Waals surface area contributed by atoms with E-state index in [9.17, 15) is 18.0 Å². The zero-order valence-corrected chi connectivity index (χ0v) is 13.8. The molecule has 6 nitrogen and oxygen atoms in total. The minimum atomic E-state index is -4.45. The highest BCUT2D eigenvalue weighted by Gasteiger charge is 2.30. The summed E-state index contributed by atoms with van der Waals surface area (Å²) >= 11 is 0. The molecule has 2 aromatic rings. The molecule has 0 bridgehead atoms. The van der Waals surface area contributed by atoms with E-state index in [1.54, 1.807) is 17.0 Å². The van der Waals surface area contributed by atoms with Crippen LogP contribution in [0, 0.1) is 0 Å². The number of carboxylic acid groups (broad SMARTS) is 1. The van der Waals surface area contributed by atoms with Gasteiger partial charge in [0.25, 0.3) is 0 Å².